The number of para-hydroxylation sites is 1. The summed E-state index contributed by atoms with van der Waals surface area (Å²) in [5.41, 5.74) is 5.07. The first-order chi connectivity index (χ1) is 16.7. The molecular weight excluding hydrogens is 452 g/mol. The summed E-state index contributed by atoms with van der Waals surface area (Å²) in [5.74, 6) is 1.44. The van der Waals surface area contributed by atoms with Crippen LogP contribution in [0, 0.1) is 0 Å². The van der Waals surface area contributed by atoms with Crippen molar-refractivity contribution >= 4 is 34.1 Å². The van der Waals surface area contributed by atoms with E-state index in [0.29, 0.717) is 23.4 Å². The van der Waals surface area contributed by atoms with Crippen molar-refractivity contribution in [1.29, 1.82) is 0 Å². The second kappa shape index (κ2) is 9.13. The molecule has 2 aromatic carbocycles. The van der Waals surface area contributed by atoms with Gasteiger partial charge in [0.25, 0.3) is 5.91 Å². The lowest BCUT2D eigenvalue weighted by Crippen LogP contribution is -2.38. The third-order valence-corrected chi connectivity index (χ3v) is 7.47. The molecule has 2 fully saturated rings. The maximum Gasteiger partial charge on any atom is 0.270 e. The molecule has 6 rings (SSSR count). The molecule has 0 radical (unpaired) electrons. The smallest absolute Gasteiger partial charge is 0.270 e. The molecule has 8 heteroatoms. The number of anilines is 1. The molecule has 2 N–H and O–H groups in total. The standard InChI is InChI=1S/C26H29ClN4O3/c27-20-12-18-14-23(29-24(18)19(13-20)15-30-8-10-33-11-9-30)26(32)31-6-4-17(5-7-31)21-2-1-3-22-25(21)34-16-28-22/h1-3,12-14,17,28-29H,4-11,15-16H2. The largest absolute Gasteiger partial charge is 0.471 e. The van der Waals surface area contributed by atoms with Gasteiger partial charge in [0.05, 0.1) is 24.4 Å². The second-order valence-electron chi connectivity index (χ2n) is 9.36. The number of ether oxygens (including phenoxy) is 2. The summed E-state index contributed by atoms with van der Waals surface area (Å²) in [7, 11) is 0. The van der Waals surface area contributed by atoms with Crippen LogP contribution in [-0.2, 0) is 11.3 Å². The average molecular weight is 481 g/mol. The number of piperidine rings is 1. The number of carbonyl (C=O) groups excluding carboxylic acids is 1. The van der Waals surface area contributed by atoms with Crippen LogP contribution in [0.2, 0.25) is 5.02 Å². The van der Waals surface area contributed by atoms with Crippen LogP contribution in [0.5, 0.6) is 5.75 Å². The van der Waals surface area contributed by atoms with E-state index in [1.807, 2.05) is 23.1 Å². The average Bonchev–Trinajstić information content (AvgIpc) is 3.51. The van der Waals surface area contributed by atoms with Crippen LogP contribution in [0.15, 0.2) is 36.4 Å². The van der Waals surface area contributed by atoms with E-state index in [-0.39, 0.29) is 5.91 Å². The highest BCUT2D eigenvalue weighted by molar-refractivity contribution is 6.31. The number of halogens is 1. The molecule has 3 aromatic rings. The molecule has 0 atom stereocenters. The summed E-state index contributed by atoms with van der Waals surface area (Å²) in [4.78, 5) is 21.1. The number of nitrogens with one attached hydrogen (secondary N) is 2. The number of likely N-dealkylation sites (tertiary alicyclic amines) is 1. The van der Waals surface area contributed by atoms with E-state index in [4.69, 9.17) is 21.1 Å². The number of fused-ring (bicyclic) bond motifs is 2. The predicted octanol–water partition coefficient (Wildman–Crippen LogP) is 4.44. The number of morpholine rings is 1. The predicted molar refractivity (Wildman–Crippen MR) is 133 cm³/mol. The molecule has 3 aliphatic heterocycles. The van der Waals surface area contributed by atoms with Gasteiger partial charge in [-0.2, -0.15) is 0 Å². The van der Waals surface area contributed by atoms with Gasteiger partial charge >= 0.3 is 0 Å². The van der Waals surface area contributed by atoms with Crippen LogP contribution < -0.4 is 10.1 Å². The number of carbonyl (C=O) groups is 1. The van der Waals surface area contributed by atoms with Gasteiger partial charge in [-0.15, -0.1) is 0 Å². The molecule has 34 heavy (non-hydrogen) atoms. The first-order valence-corrected chi connectivity index (χ1v) is 12.4. The number of aromatic nitrogens is 1. The zero-order chi connectivity index (χ0) is 23.1. The third kappa shape index (κ3) is 4.13. The monoisotopic (exact) mass is 480 g/mol. The van der Waals surface area contributed by atoms with E-state index in [2.05, 4.69) is 33.4 Å². The summed E-state index contributed by atoms with van der Waals surface area (Å²) in [6.07, 6.45) is 1.86. The number of rotatable bonds is 4. The molecule has 0 spiro atoms. The number of nitrogens with zero attached hydrogens (tertiary/aromatic N) is 2. The van der Waals surface area contributed by atoms with E-state index in [9.17, 15) is 4.79 Å². The van der Waals surface area contributed by atoms with Crippen molar-refractivity contribution in [3.63, 3.8) is 0 Å². The van der Waals surface area contributed by atoms with Gasteiger partial charge in [0, 0.05) is 43.1 Å². The number of H-pyrrole nitrogens is 1. The zero-order valence-corrected chi connectivity index (χ0v) is 19.9. The van der Waals surface area contributed by atoms with E-state index in [1.54, 1.807) is 0 Å². The maximum atomic E-state index is 13.4. The van der Waals surface area contributed by atoms with Gasteiger partial charge in [-0.05, 0) is 54.2 Å². The van der Waals surface area contributed by atoms with Crippen LogP contribution in [-0.4, -0.2) is 66.8 Å². The minimum atomic E-state index is 0.0549. The molecule has 2 saturated heterocycles. The minimum Gasteiger partial charge on any atom is -0.471 e. The SMILES string of the molecule is O=C(c1cc2cc(Cl)cc(CN3CCOCC3)c2[nH]1)N1CCC(c2cccc3c2OCN3)CC1. The highest BCUT2D eigenvalue weighted by Crippen LogP contribution is 2.41. The van der Waals surface area contributed by atoms with Gasteiger partial charge in [-0.25, -0.2) is 0 Å². The first-order valence-electron chi connectivity index (χ1n) is 12.1. The number of benzene rings is 2. The Hall–Kier alpha value is -2.74. The van der Waals surface area contributed by atoms with Gasteiger partial charge < -0.3 is 24.7 Å². The van der Waals surface area contributed by atoms with E-state index < -0.39 is 0 Å². The Kier molecular flexibility index (Phi) is 5.85. The Morgan fingerprint density at radius 1 is 1.09 bits per heavy atom. The van der Waals surface area contributed by atoms with E-state index >= 15 is 0 Å². The van der Waals surface area contributed by atoms with Crippen molar-refractivity contribution in [2.24, 2.45) is 0 Å². The topological polar surface area (TPSA) is 69.8 Å². The molecule has 0 aliphatic carbocycles. The molecule has 0 saturated carbocycles. The molecule has 0 unspecified atom stereocenters. The van der Waals surface area contributed by atoms with E-state index in [0.717, 1.165) is 86.7 Å². The lowest BCUT2D eigenvalue weighted by Gasteiger charge is -2.32. The normalized spacial score (nSPS) is 19.1. The van der Waals surface area contributed by atoms with Crippen molar-refractivity contribution in [1.82, 2.24) is 14.8 Å². The Morgan fingerprint density at radius 2 is 1.91 bits per heavy atom. The van der Waals surface area contributed by atoms with Crippen LogP contribution >= 0.6 is 11.6 Å². The van der Waals surface area contributed by atoms with Crippen LogP contribution in [0.1, 0.15) is 40.4 Å². The van der Waals surface area contributed by atoms with Gasteiger partial charge in [0.1, 0.15) is 11.4 Å². The Labute approximate surface area is 204 Å². The minimum absolute atomic E-state index is 0.0549. The number of hydrogen-bond acceptors (Lipinski definition) is 5. The van der Waals surface area contributed by atoms with Crippen molar-refractivity contribution < 1.29 is 14.3 Å². The highest BCUT2D eigenvalue weighted by Gasteiger charge is 2.29. The quantitative estimate of drug-likeness (QED) is 0.578. The van der Waals surface area contributed by atoms with Crippen molar-refractivity contribution in [2.45, 2.75) is 25.3 Å². The molecule has 1 aromatic heterocycles. The van der Waals surface area contributed by atoms with Gasteiger partial charge in [-0.3, -0.25) is 9.69 Å². The Morgan fingerprint density at radius 3 is 2.74 bits per heavy atom. The summed E-state index contributed by atoms with van der Waals surface area (Å²) >= 11 is 6.43. The van der Waals surface area contributed by atoms with Crippen molar-refractivity contribution in [2.75, 3.05) is 51.4 Å². The third-order valence-electron chi connectivity index (χ3n) is 7.25. The molecule has 178 valence electrons. The lowest BCUT2D eigenvalue weighted by molar-refractivity contribution is 0.0343. The molecule has 0 bridgehead atoms. The Balaban J connectivity index is 1.18. The Bertz CT molecular complexity index is 1210. The zero-order valence-electron chi connectivity index (χ0n) is 19.1. The summed E-state index contributed by atoms with van der Waals surface area (Å²) in [6, 6.07) is 12.2. The number of amides is 1. The van der Waals surface area contributed by atoms with Gasteiger partial charge in [0.2, 0.25) is 0 Å². The van der Waals surface area contributed by atoms with Gasteiger partial charge in [-0.1, -0.05) is 23.7 Å². The van der Waals surface area contributed by atoms with Crippen LogP contribution in [0.4, 0.5) is 5.69 Å². The summed E-state index contributed by atoms with van der Waals surface area (Å²) in [6.45, 7) is 6.10. The fraction of sp³-hybridized carbons (Fsp3) is 0.423. The molecule has 7 nitrogen and oxygen atoms in total. The summed E-state index contributed by atoms with van der Waals surface area (Å²) in [5, 5.41) is 4.95. The van der Waals surface area contributed by atoms with Crippen molar-refractivity contribution in [3.8, 4) is 5.75 Å². The fourth-order valence-electron chi connectivity index (χ4n) is 5.45. The fourth-order valence-corrected chi connectivity index (χ4v) is 5.69. The molecule has 1 amide bonds. The highest BCUT2D eigenvalue weighted by atomic mass is 35.5. The maximum absolute atomic E-state index is 13.4. The molecule has 4 heterocycles. The number of hydrogen-bond donors (Lipinski definition) is 2. The molecular formula is C26H29ClN4O3. The first kappa shape index (κ1) is 21.8. The second-order valence-corrected chi connectivity index (χ2v) is 9.79. The van der Waals surface area contributed by atoms with Crippen molar-refractivity contribution in [3.05, 3.63) is 58.2 Å². The van der Waals surface area contributed by atoms with Crippen LogP contribution in [0.25, 0.3) is 10.9 Å². The van der Waals surface area contributed by atoms with E-state index in [1.165, 1.54) is 5.56 Å². The lowest BCUT2D eigenvalue weighted by atomic mass is 9.88. The van der Waals surface area contributed by atoms with Gasteiger partial charge in [0.15, 0.2) is 6.73 Å². The summed E-state index contributed by atoms with van der Waals surface area (Å²) < 4.78 is 11.3. The molecule has 3 aliphatic rings. The van der Waals surface area contributed by atoms with Crippen LogP contribution in [0.3, 0.4) is 0 Å². The number of aromatic amines is 1.